The van der Waals surface area contributed by atoms with Crippen LogP contribution in [0.25, 0.3) is 12.2 Å². The number of esters is 1. The number of methoxy groups -OCH3 is 4. The first-order valence-electron chi connectivity index (χ1n) is 15.9. The Morgan fingerprint density at radius 1 is 0.565 bits per heavy atom. The normalized spacial score (nSPS) is 12.2. The van der Waals surface area contributed by atoms with Crippen LogP contribution in [0.5, 0.6) is 28.7 Å². The fraction of sp³-hybridized carbons (Fsp3) is 0.325. The fourth-order valence-corrected chi connectivity index (χ4v) is 4.45. The van der Waals surface area contributed by atoms with Crippen molar-refractivity contribution in [3.63, 3.8) is 0 Å². The first-order chi connectivity index (χ1) is 22.6. The Labute approximate surface area is 276 Å². The summed E-state index contributed by atoms with van der Waals surface area (Å²) < 4.78 is 27.2. The van der Waals surface area contributed by atoms with Crippen molar-refractivity contribution in [1.82, 2.24) is 0 Å². The van der Waals surface area contributed by atoms with Crippen LogP contribution in [-0.2, 0) is 4.79 Å². The third-order valence-electron chi connectivity index (χ3n) is 6.90. The van der Waals surface area contributed by atoms with Crippen LogP contribution >= 0.6 is 0 Å². The number of unbranched alkanes of at least 4 members (excludes halogenated alkanes) is 7. The molecule has 246 valence electrons. The Kier molecular flexibility index (Phi) is 19.3. The van der Waals surface area contributed by atoms with Crippen LogP contribution in [0.1, 0.15) is 69.4 Å². The molecule has 6 heteroatoms. The van der Waals surface area contributed by atoms with Gasteiger partial charge < -0.3 is 23.7 Å². The van der Waals surface area contributed by atoms with E-state index in [2.05, 4.69) is 19.1 Å². The van der Waals surface area contributed by atoms with E-state index < -0.39 is 5.97 Å². The molecule has 6 nitrogen and oxygen atoms in total. The lowest BCUT2D eigenvalue weighted by Crippen LogP contribution is -2.05. The van der Waals surface area contributed by atoms with Gasteiger partial charge in [0.25, 0.3) is 0 Å². The molecule has 0 N–H and O–H groups in total. The van der Waals surface area contributed by atoms with Crippen molar-refractivity contribution in [1.29, 1.82) is 0 Å². The highest BCUT2D eigenvalue weighted by Crippen LogP contribution is 2.38. The summed E-state index contributed by atoms with van der Waals surface area (Å²) in [5.74, 6) is 1.90. The molecular weight excluding hydrogens is 576 g/mol. The summed E-state index contributed by atoms with van der Waals surface area (Å²) in [5.41, 5.74) is 1.66. The van der Waals surface area contributed by atoms with E-state index in [1.54, 1.807) is 45.6 Å². The second-order valence-electron chi connectivity index (χ2n) is 10.4. The smallest absolute Gasteiger partial charge is 0.336 e. The van der Waals surface area contributed by atoms with Gasteiger partial charge in [0.1, 0.15) is 0 Å². The second kappa shape index (κ2) is 23.6. The largest absolute Gasteiger partial charge is 0.493 e. The number of carbonyl (C=O) groups excluding carboxylic acids is 1. The van der Waals surface area contributed by atoms with Crippen LogP contribution in [0.2, 0.25) is 0 Å². The number of allylic oxidation sites excluding steroid dienone is 11. The predicted octanol–water partition coefficient (Wildman–Crippen LogP) is 10.3. The molecule has 0 fully saturated rings. The van der Waals surface area contributed by atoms with Gasteiger partial charge in [-0.05, 0) is 48.2 Å². The van der Waals surface area contributed by atoms with Crippen molar-refractivity contribution in [2.45, 2.75) is 58.3 Å². The molecule has 2 aromatic rings. The Bertz CT molecular complexity index is 1370. The summed E-state index contributed by atoms with van der Waals surface area (Å²) in [6.45, 7) is 2.25. The Balaban J connectivity index is 1.82. The van der Waals surface area contributed by atoms with Gasteiger partial charge in [-0.3, -0.25) is 0 Å². The van der Waals surface area contributed by atoms with Crippen molar-refractivity contribution in [2.24, 2.45) is 0 Å². The fourth-order valence-electron chi connectivity index (χ4n) is 4.45. The lowest BCUT2D eigenvalue weighted by Gasteiger charge is -2.13. The molecule has 0 radical (unpaired) electrons. The van der Waals surface area contributed by atoms with Gasteiger partial charge in [0.05, 0.1) is 28.4 Å². The van der Waals surface area contributed by atoms with Crippen molar-refractivity contribution in [3.05, 3.63) is 114 Å². The molecule has 2 rings (SSSR count). The predicted molar refractivity (Wildman–Crippen MR) is 191 cm³/mol. The molecule has 0 amide bonds. The minimum atomic E-state index is -0.511. The first-order valence-corrected chi connectivity index (χ1v) is 15.9. The van der Waals surface area contributed by atoms with E-state index in [0.29, 0.717) is 28.7 Å². The molecule has 0 aromatic heterocycles. The SMILES string of the molecule is CCCCCCCCC/C=C/C=C/C=C/C=C/C=C/C=C\C(=O)Oc1cc(/C=C\c2cc(OC)c(OC)c(OC)c2)ccc1OC. The van der Waals surface area contributed by atoms with E-state index in [0.717, 1.165) is 17.5 Å². The van der Waals surface area contributed by atoms with Crippen LogP contribution in [0.15, 0.2) is 103 Å². The number of hydrogen-bond donors (Lipinski definition) is 0. The van der Waals surface area contributed by atoms with Crippen molar-refractivity contribution >= 4 is 18.1 Å². The van der Waals surface area contributed by atoms with Crippen LogP contribution in [0.3, 0.4) is 0 Å². The average Bonchev–Trinajstić information content (AvgIpc) is 3.07. The maximum atomic E-state index is 12.5. The van der Waals surface area contributed by atoms with Crippen LogP contribution in [0.4, 0.5) is 0 Å². The molecule has 0 unspecified atom stereocenters. The molecule has 0 aliphatic carbocycles. The quantitative estimate of drug-likeness (QED) is 0.0343. The first kappa shape index (κ1) is 37.5. The van der Waals surface area contributed by atoms with Gasteiger partial charge in [0, 0.05) is 6.08 Å². The van der Waals surface area contributed by atoms with E-state index in [-0.39, 0.29) is 0 Å². The van der Waals surface area contributed by atoms with Crippen LogP contribution in [0, 0.1) is 0 Å². The van der Waals surface area contributed by atoms with E-state index in [9.17, 15) is 4.79 Å². The summed E-state index contributed by atoms with van der Waals surface area (Å²) >= 11 is 0. The summed E-state index contributed by atoms with van der Waals surface area (Å²) in [5, 5.41) is 0. The zero-order valence-corrected chi connectivity index (χ0v) is 28.1. The highest BCUT2D eigenvalue weighted by Gasteiger charge is 2.12. The van der Waals surface area contributed by atoms with E-state index in [4.69, 9.17) is 23.7 Å². The lowest BCUT2D eigenvalue weighted by molar-refractivity contribution is -0.129. The second-order valence-corrected chi connectivity index (χ2v) is 10.4. The third-order valence-corrected chi connectivity index (χ3v) is 6.90. The standard InChI is InChI=1S/C40H50O6/c1-6-7-8-9-10-11-12-13-14-15-16-17-18-19-20-21-22-23-24-25-39(41)46-36-30-33(28-29-35(36)42-2)26-27-34-31-37(43-3)40(45-5)38(32-34)44-4/h14-32H,6-13H2,1-5H3/b15-14+,17-16+,19-18+,21-20+,23-22+,25-24-,27-26-. The number of rotatable bonds is 21. The molecule has 0 spiro atoms. The summed E-state index contributed by atoms with van der Waals surface area (Å²) in [7, 11) is 6.24. The average molecular weight is 627 g/mol. The topological polar surface area (TPSA) is 63.2 Å². The van der Waals surface area contributed by atoms with E-state index in [1.807, 2.05) is 72.9 Å². The summed E-state index contributed by atoms with van der Waals surface area (Å²) in [4.78, 5) is 12.5. The summed E-state index contributed by atoms with van der Waals surface area (Å²) in [6, 6.07) is 9.06. The molecule has 46 heavy (non-hydrogen) atoms. The van der Waals surface area contributed by atoms with E-state index >= 15 is 0 Å². The zero-order chi connectivity index (χ0) is 33.2. The molecule has 2 aromatic carbocycles. The van der Waals surface area contributed by atoms with Gasteiger partial charge in [-0.15, -0.1) is 0 Å². The van der Waals surface area contributed by atoms with Crippen molar-refractivity contribution in [2.75, 3.05) is 28.4 Å². The molecule has 0 heterocycles. The number of carbonyl (C=O) groups is 1. The van der Waals surface area contributed by atoms with Gasteiger partial charge in [-0.2, -0.15) is 0 Å². The zero-order valence-electron chi connectivity index (χ0n) is 28.1. The Morgan fingerprint density at radius 3 is 1.67 bits per heavy atom. The molecule has 0 aliphatic rings. The third kappa shape index (κ3) is 14.8. The number of hydrogen-bond acceptors (Lipinski definition) is 6. The highest BCUT2D eigenvalue weighted by atomic mass is 16.6. The number of benzene rings is 2. The van der Waals surface area contributed by atoms with Gasteiger partial charge in [-0.1, -0.05) is 131 Å². The molecule has 0 aliphatic heterocycles. The summed E-state index contributed by atoms with van der Waals surface area (Å²) in [6.07, 6.45) is 37.1. The minimum absolute atomic E-state index is 0.318. The van der Waals surface area contributed by atoms with Gasteiger partial charge >= 0.3 is 5.97 Å². The minimum Gasteiger partial charge on any atom is -0.493 e. The molecule has 0 atom stereocenters. The molecular formula is C40H50O6. The lowest BCUT2D eigenvalue weighted by atomic mass is 10.1. The maximum Gasteiger partial charge on any atom is 0.336 e. The monoisotopic (exact) mass is 626 g/mol. The Morgan fingerprint density at radius 2 is 1.09 bits per heavy atom. The Hall–Kier alpha value is -4.71. The van der Waals surface area contributed by atoms with Crippen LogP contribution < -0.4 is 23.7 Å². The van der Waals surface area contributed by atoms with Crippen molar-refractivity contribution < 1.29 is 28.5 Å². The van der Waals surface area contributed by atoms with E-state index in [1.165, 1.54) is 58.1 Å². The molecule has 0 saturated heterocycles. The molecule has 0 saturated carbocycles. The molecule has 0 bridgehead atoms. The number of ether oxygens (including phenoxy) is 5. The van der Waals surface area contributed by atoms with Gasteiger partial charge in [0.2, 0.25) is 5.75 Å². The van der Waals surface area contributed by atoms with Crippen LogP contribution in [-0.4, -0.2) is 34.4 Å². The highest BCUT2D eigenvalue weighted by molar-refractivity contribution is 5.85. The maximum absolute atomic E-state index is 12.5. The van der Waals surface area contributed by atoms with Gasteiger partial charge in [-0.25, -0.2) is 4.79 Å². The van der Waals surface area contributed by atoms with Crippen molar-refractivity contribution in [3.8, 4) is 28.7 Å². The van der Waals surface area contributed by atoms with Gasteiger partial charge in [0.15, 0.2) is 23.0 Å².